The van der Waals surface area contributed by atoms with Crippen LogP contribution in [0, 0.1) is 5.92 Å². The molecule has 2 atom stereocenters. The Morgan fingerprint density at radius 2 is 2.21 bits per heavy atom. The molecule has 6 nitrogen and oxygen atoms in total. The van der Waals surface area contributed by atoms with Crippen molar-refractivity contribution in [3.8, 4) is 0 Å². The summed E-state index contributed by atoms with van der Waals surface area (Å²) in [7, 11) is 1.93. The number of likely N-dealkylation sites (N-methyl/N-ethyl adjacent to an activating group) is 1. The first kappa shape index (κ1) is 12.5. The number of carbonyl (C=O) groups excluding carboxylic acids is 1. The highest BCUT2D eigenvalue weighted by Gasteiger charge is 2.42. The topological polar surface area (TPSA) is 59.4 Å². The second-order valence-electron chi connectivity index (χ2n) is 5.11. The van der Waals surface area contributed by atoms with Crippen LogP contribution in [0.2, 0.25) is 0 Å². The maximum atomic E-state index is 12.3. The number of aryl methyl sites for hydroxylation is 2. The van der Waals surface area contributed by atoms with Crippen molar-refractivity contribution in [1.82, 2.24) is 9.78 Å². The van der Waals surface area contributed by atoms with Gasteiger partial charge in [0.05, 0.1) is 30.9 Å². The van der Waals surface area contributed by atoms with Crippen LogP contribution in [0.3, 0.4) is 0 Å². The smallest absolute Gasteiger partial charge is 0.232 e. The monoisotopic (exact) mass is 264 g/mol. The minimum atomic E-state index is -0.0861. The second-order valence-corrected chi connectivity index (χ2v) is 5.11. The fourth-order valence-electron chi connectivity index (χ4n) is 3.13. The standard InChI is InChI=1S/C13H20N4O2/c1-4-9-11-13(16(3)15-9)17(5-2)10-7-19-6-8(10)12(18)14-11/h8,10H,4-7H2,1-3H3,(H,14,18). The fraction of sp³-hybridized carbons (Fsp3) is 0.692. The van der Waals surface area contributed by atoms with E-state index in [0.717, 1.165) is 30.2 Å². The minimum Gasteiger partial charge on any atom is -0.378 e. The van der Waals surface area contributed by atoms with Gasteiger partial charge in [-0.25, -0.2) is 0 Å². The Hall–Kier alpha value is -1.56. The zero-order chi connectivity index (χ0) is 13.6. The molecule has 0 saturated carbocycles. The Kier molecular flexibility index (Phi) is 2.97. The molecule has 3 heterocycles. The van der Waals surface area contributed by atoms with E-state index < -0.39 is 0 Å². The molecule has 3 rings (SSSR count). The number of ether oxygens (including phenoxy) is 1. The Bertz CT molecular complexity index is 511. The highest BCUT2D eigenvalue weighted by Crippen LogP contribution is 2.37. The van der Waals surface area contributed by atoms with Crippen LogP contribution in [0.1, 0.15) is 19.5 Å². The maximum absolute atomic E-state index is 12.3. The number of fused-ring (bicyclic) bond motifs is 2. The van der Waals surface area contributed by atoms with E-state index in [1.807, 2.05) is 11.7 Å². The van der Waals surface area contributed by atoms with Crippen molar-refractivity contribution >= 4 is 17.4 Å². The molecule has 6 heteroatoms. The molecule has 1 N–H and O–H groups in total. The molecule has 2 aliphatic rings. The van der Waals surface area contributed by atoms with E-state index in [2.05, 4.69) is 29.2 Å². The van der Waals surface area contributed by atoms with E-state index in [-0.39, 0.29) is 17.9 Å². The Balaban J connectivity index is 2.13. The summed E-state index contributed by atoms with van der Waals surface area (Å²) in [5, 5.41) is 7.57. The van der Waals surface area contributed by atoms with Crippen LogP contribution in [-0.4, -0.2) is 41.5 Å². The first-order chi connectivity index (χ1) is 9.17. The van der Waals surface area contributed by atoms with Crippen molar-refractivity contribution in [2.45, 2.75) is 26.3 Å². The maximum Gasteiger partial charge on any atom is 0.232 e. The van der Waals surface area contributed by atoms with E-state index in [0.29, 0.717) is 13.2 Å². The number of rotatable bonds is 2. The van der Waals surface area contributed by atoms with Crippen LogP contribution in [-0.2, 0) is 23.0 Å². The molecule has 1 saturated heterocycles. The molecule has 0 radical (unpaired) electrons. The van der Waals surface area contributed by atoms with Crippen LogP contribution < -0.4 is 10.2 Å². The number of anilines is 2. The molecule has 0 aliphatic carbocycles. The van der Waals surface area contributed by atoms with Crippen molar-refractivity contribution in [2.24, 2.45) is 13.0 Å². The van der Waals surface area contributed by atoms with Crippen LogP contribution in [0.25, 0.3) is 0 Å². The lowest BCUT2D eigenvalue weighted by molar-refractivity contribution is -0.120. The zero-order valence-corrected chi connectivity index (χ0v) is 11.6. The first-order valence-corrected chi connectivity index (χ1v) is 6.88. The van der Waals surface area contributed by atoms with Gasteiger partial charge in [-0.15, -0.1) is 0 Å². The third-order valence-electron chi connectivity index (χ3n) is 4.07. The summed E-state index contributed by atoms with van der Waals surface area (Å²) in [5.41, 5.74) is 1.83. The van der Waals surface area contributed by atoms with E-state index >= 15 is 0 Å². The van der Waals surface area contributed by atoms with Crippen molar-refractivity contribution in [3.05, 3.63) is 5.69 Å². The van der Waals surface area contributed by atoms with Gasteiger partial charge in [-0.1, -0.05) is 6.92 Å². The van der Waals surface area contributed by atoms with Gasteiger partial charge in [-0.05, 0) is 13.3 Å². The molecule has 0 bridgehead atoms. The number of hydrogen-bond donors (Lipinski definition) is 1. The molecule has 0 aromatic carbocycles. The average molecular weight is 264 g/mol. The largest absolute Gasteiger partial charge is 0.378 e. The van der Waals surface area contributed by atoms with Crippen molar-refractivity contribution in [1.29, 1.82) is 0 Å². The van der Waals surface area contributed by atoms with Gasteiger partial charge < -0.3 is 15.0 Å². The normalized spacial score (nSPS) is 25.8. The van der Waals surface area contributed by atoms with Crippen LogP contribution in [0.5, 0.6) is 0 Å². The van der Waals surface area contributed by atoms with Crippen molar-refractivity contribution in [2.75, 3.05) is 30.0 Å². The highest BCUT2D eigenvalue weighted by atomic mass is 16.5. The molecule has 1 aromatic heterocycles. The summed E-state index contributed by atoms with van der Waals surface area (Å²) in [6.45, 7) is 6.12. The molecule has 0 spiro atoms. The molecular weight excluding hydrogens is 244 g/mol. The summed E-state index contributed by atoms with van der Waals surface area (Å²) in [5.74, 6) is 0.977. The first-order valence-electron chi connectivity index (χ1n) is 6.88. The van der Waals surface area contributed by atoms with Gasteiger partial charge in [0, 0.05) is 13.6 Å². The lowest BCUT2D eigenvalue weighted by atomic mass is 10.0. The van der Waals surface area contributed by atoms with Gasteiger partial charge in [0.1, 0.15) is 5.69 Å². The molecule has 104 valence electrons. The molecule has 1 amide bonds. The summed E-state index contributed by atoms with van der Waals surface area (Å²) in [4.78, 5) is 14.6. The Morgan fingerprint density at radius 3 is 2.89 bits per heavy atom. The van der Waals surface area contributed by atoms with E-state index in [4.69, 9.17) is 4.74 Å². The molecule has 1 fully saturated rings. The SMILES string of the molecule is CCc1nn(C)c2c1NC(=O)C1COCC1N2CC. The van der Waals surface area contributed by atoms with Crippen LogP contribution in [0.4, 0.5) is 11.5 Å². The van der Waals surface area contributed by atoms with Gasteiger partial charge in [0.2, 0.25) is 5.91 Å². The molecule has 2 unspecified atom stereocenters. The molecule has 2 aliphatic heterocycles. The molecular formula is C13H20N4O2. The number of carbonyl (C=O) groups is 1. The van der Waals surface area contributed by atoms with Gasteiger partial charge in [-0.3, -0.25) is 9.48 Å². The van der Waals surface area contributed by atoms with E-state index in [9.17, 15) is 4.79 Å². The second kappa shape index (κ2) is 4.52. The number of amides is 1. The third kappa shape index (κ3) is 1.74. The summed E-state index contributed by atoms with van der Waals surface area (Å²) >= 11 is 0. The Labute approximate surface area is 112 Å². The quantitative estimate of drug-likeness (QED) is 0.857. The fourth-order valence-corrected chi connectivity index (χ4v) is 3.13. The van der Waals surface area contributed by atoms with E-state index in [1.54, 1.807) is 0 Å². The predicted molar refractivity (Wildman–Crippen MR) is 72.3 cm³/mol. The van der Waals surface area contributed by atoms with Crippen LogP contribution in [0.15, 0.2) is 0 Å². The number of aromatic nitrogens is 2. The van der Waals surface area contributed by atoms with E-state index in [1.165, 1.54) is 0 Å². The molecule has 1 aromatic rings. The Morgan fingerprint density at radius 1 is 1.42 bits per heavy atom. The van der Waals surface area contributed by atoms with Crippen molar-refractivity contribution in [3.63, 3.8) is 0 Å². The number of nitrogens with zero attached hydrogens (tertiary/aromatic N) is 3. The predicted octanol–water partition coefficient (Wildman–Crippen LogP) is 0.776. The number of nitrogens with one attached hydrogen (secondary N) is 1. The van der Waals surface area contributed by atoms with Gasteiger partial charge in [-0.2, -0.15) is 5.10 Å². The lowest BCUT2D eigenvalue weighted by Crippen LogP contribution is -2.43. The van der Waals surface area contributed by atoms with Crippen molar-refractivity contribution < 1.29 is 9.53 Å². The highest BCUT2D eigenvalue weighted by molar-refractivity contribution is 5.98. The average Bonchev–Trinajstić information content (AvgIpc) is 2.96. The summed E-state index contributed by atoms with van der Waals surface area (Å²) < 4.78 is 7.38. The zero-order valence-electron chi connectivity index (χ0n) is 11.6. The third-order valence-corrected chi connectivity index (χ3v) is 4.07. The van der Waals surface area contributed by atoms with Gasteiger partial charge in [0.25, 0.3) is 0 Å². The van der Waals surface area contributed by atoms with Crippen LogP contribution >= 0.6 is 0 Å². The summed E-state index contributed by atoms with van der Waals surface area (Å²) in [6.07, 6.45) is 0.812. The number of hydrogen-bond acceptors (Lipinski definition) is 4. The van der Waals surface area contributed by atoms with Gasteiger partial charge >= 0.3 is 0 Å². The summed E-state index contributed by atoms with van der Waals surface area (Å²) in [6, 6.07) is 0.117. The lowest BCUT2D eigenvalue weighted by Gasteiger charge is -2.29. The minimum absolute atomic E-state index is 0.0578. The van der Waals surface area contributed by atoms with Gasteiger partial charge in [0.15, 0.2) is 5.82 Å². The molecule has 19 heavy (non-hydrogen) atoms.